The fraction of sp³-hybridized carbons (Fsp3) is 1.00. The van der Waals surface area contributed by atoms with Crippen LogP contribution >= 0.6 is 10.7 Å². The molecule has 1 aliphatic rings. The molecule has 0 aromatic heterocycles. The highest BCUT2D eigenvalue weighted by molar-refractivity contribution is 8.14. The summed E-state index contributed by atoms with van der Waals surface area (Å²) in [4.78, 5) is 0. The Morgan fingerprint density at radius 1 is 1.55 bits per heavy atom. The first-order chi connectivity index (χ1) is 5.04. The predicted molar refractivity (Wildman–Crippen MR) is 41.7 cm³/mol. The Bertz CT molecular complexity index is 228. The monoisotopic (exact) mass is 199 g/mol. The van der Waals surface area contributed by atoms with E-state index in [1.165, 1.54) is 0 Å². The lowest BCUT2D eigenvalue weighted by molar-refractivity contribution is 0.0939. The molecule has 11 heavy (non-hydrogen) atoms. The number of ether oxygens (including phenoxy) is 1. The van der Waals surface area contributed by atoms with Crippen LogP contribution in [-0.2, 0) is 13.8 Å². The Kier molecular flexibility index (Phi) is 2.74. The Labute approximate surface area is 70.1 Å². The zero-order valence-electron chi connectivity index (χ0n) is 5.86. The standard InChI is InChI=1S/C5H10ClNO3S/c6-11(8,9)5-2-1-4(3-7)10-5/h4-5H,1-3,7H2/t4-,5-/m1/s1. The predicted octanol–water partition coefficient (Wildman–Crippen LogP) is 0.0188. The van der Waals surface area contributed by atoms with Crippen LogP contribution in [0.4, 0.5) is 0 Å². The molecule has 0 saturated carbocycles. The SMILES string of the molecule is NC[C@H]1CC[C@@H](S(=O)(=O)Cl)O1. The topological polar surface area (TPSA) is 69.4 Å². The summed E-state index contributed by atoms with van der Waals surface area (Å²) in [7, 11) is 1.52. The summed E-state index contributed by atoms with van der Waals surface area (Å²) < 4.78 is 26.4. The third-order valence-corrected chi connectivity index (χ3v) is 3.22. The van der Waals surface area contributed by atoms with Crippen molar-refractivity contribution in [3.05, 3.63) is 0 Å². The second-order valence-corrected chi connectivity index (χ2v) is 5.24. The lowest BCUT2D eigenvalue weighted by Crippen LogP contribution is -2.22. The molecule has 66 valence electrons. The minimum absolute atomic E-state index is 0.145. The Balaban J connectivity index is 2.55. The third-order valence-electron chi connectivity index (χ3n) is 1.65. The maximum Gasteiger partial charge on any atom is 0.259 e. The molecule has 1 aliphatic heterocycles. The van der Waals surface area contributed by atoms with E-state index in [1.54, 1.807) is 0 Å². The molecule has 1 rings (SSSR count). The minimum Gasteiger partial charge on any atom is -0.356 e. The fourth-order valence-corrected chi connectivity index (χ4v) is 2.15. The van der Waals surface area contributed by atoms with Crippen LogP contribution in [0.15, 0.2) is 0 Å². The highest BCUT2D eigenvalue weighted by Gasteiger charge is 2.32. The van der Waals surface area contributed by atoms with Crippen molar-refractivity contribution in [3.8, 4) is 0 Å². The van der Waals surface area contributed by atoms with Crippen LogP contribution in [0.3, 0.4) is 0 Å². The smallest absolute Gasteiger partial charge is 0.259 e. The van der Waals surface area contributed by atoms with Gasteiger partial charge in [0.2, 0.25) is 0 Å². The molecule has 1 fully saturated rings. The molecule has 0 unspecified atom stereocenters. The van der Waals surface area contributed by atoms with E-state index >= 15 is 0 Å². The molecular formula is C5H10ClNO3S. The van der Waals surface area contributed by atoms with Crippen LogP contribution in [0.5, 0.6) is 0 Å². The van der Waals surface area contributed by atoms with E-state index in [0.29, 0.717) is 19.4 Å². The third kappa shape index (κ3) is 2.30. The molecule has 0 bridgehead atoms. The summed E-state index contributed by atoms with van der Waals surface area (Å²) in [6.45, 7) is 0.350. The Morgan fingerprint density at radius 2 is 2.18 bits per heavy atom. The summed E-state index contributed by atoms with van der Waals surface area (Å²) in [5.41, 5.74) is 4.43. The molecule has 2 N–H and O–H groups in total. The van der Waals surface area contributed by atoms with Gasteiger partial charge in [0.1, 0.15) is 0 Å². The zero-order chi connectivity index (χ0) is 8.48. The van der Waals surface area contributed by atoms with E-state index in [9.17, 15) is 8.42 Å². The number of rotatable bonds is 2. The van der Waals surface area contributed by atoms with E-state index in [-0.39, 0.29) is 6.10 Å². The second-order valence-electron chi connectivity index (χ2n) is 2.48. The molecule has 0 radical (unpaired) electrons. The largest absolute Gasteiger partial charge is 0.356 e. The van der Waals surface area contributed by atoms with Crippen molar-refractivity contribution in [3.63, 3.8) is 0 Å². The molecule has 6 heteroatoms. The molecule has 1 saturated heterocycles. The summed E-state index contributed by atoms with van der Waals surface area (Å²) >= 11 is 0. The Hall–Kier alpha value is 0.160. The molecule has 0 aromatic carbocycles. The second kappa shape index (κ2) is 3.26. The van der Waals surface area contributed by atoms with Gasteiger partial charge in [-0.2, -0.15) is 0 Å². The van der Waals surface area contributed by atoms with Gasteiger partial charge in [0.25, 0.3) is 9.05 Å². The van der Waals surface area contributed by atoms with E-state index in [4.69, 9.17) is 21.2 Å². The Morgan fingerprint density at radius 3 is 2.45 bits per heavy atom. The quantitative estimate of drug-likeness (QED) is 0.637. The van der Waals surface area contributed by atoms with Gasteiger partial charge >= 0.3 is 0 Å². The van der Waals surface area contributed by atoms with Gasteiger partial charge in [-0.05, 0) is 12.8 Å². The fourth-order valence-electron chi connectivity index (χ4n) is 1.05. The van der Waals surface area contributed by atoms with Gasteiger partial charge in [-0.3, -0.25) is 0 Å². The first-order valence-corrected chi connectivity index (χ1v) is 5.70. The average molecular weight is 200 g/mol. The number of hydrogen-bond acceptors (Lipinski definition) is 4. The van der Waals surface area contributed by atoms with Crippen molar-refractivity contribution >= 4 is 19.7 Å². The molecule has 2 atom stereocenters. The van der Waals surface area contributed by atoms with E-state index in [0.717, 1.165) is 0 Å². The van der Waals surface area contributed by atoms with Gasteiger partial charge in [-0.1, -0.05) is 0 Å². The van der Waals surface area contributed by atoms with E-state index < -0.39 is 14.5 Å². The van der Waals surface area contributed by atoms with Crippen molar-refractivity contribution in [2.75, 3.05) is 6.54 Å². The van der Waals surface area contributed by atoms with Crippen molar-refractivity contribution < 1.29 is 13.2 Å². The van der Waals surface area contributed by atoms with Crippen LogP contribution < -0.4 is 5.73 Å². The van der Waals surface area contributed by atoms with Crippen LogP contribution in [0.25, 0.3) is 0 Å². The molecule has 0 spiro atoms. The molecule has 1 heterocycles. The molecular weight excluding hydrogens is 190 g/mol. The molecule has 0 aromatic rings. The normalized spacial score (nSPS) is 32.5. The maximum absolute atomic E-state index is 10.7. The lowest BCUT2D eigenvalue weighted by atomic mass is 10.2. The molecule has 0 amide bonds. The number of nitrogens with two attached hydrogens (primary N) is 1. The molecule has 4 nitrogen and oxygen atoms in total. The minimum atomic E-state index is -3.55. The number of halogens is 1. The van der Waals surface area contributed by atoms with Crippen molar-refractivity contribution in [2.24, 2.45) is 5.73 Å². The first-order valence-electron chi connectivity index (χ1n) is 3.33. The summed E-state index contributed by atoms with van der Waals surface area (Å²) in [5.74, 6) is 0. The highest BCUT2D eigenvalue weighted by atomic mass is 35.7. The van der Waals surface area contributed by atoms with Crippen molar-refractivity contribution in [2.45, 2.75) is 24.4 Å². The van der Waals surface area contributed by atoms with Crippen LogP contribution in [0, 0.1) is 0 Å². The summed E-state index contributed by atoms with van der Waals surface area (Å²) in [6.07, 6.45) is 0.981. The lowest BCUT2D eigenvalue weighted by Gasteiger charge is -2.07. The van der Waals surface area contributed by atoms with E-state index in [2.05, 4.69) is 0 Å². The highest BCUT2D eigenvalue weighted by Crippen LogP contribution is 2.25. The maximum atomic E-state index is 10.7. The van der Waals surface area contributed by atoms with Crippen molar-refractivity contribution in [1.82, 2.24) is 0 Å². The van der Waals surface area contributed by atoms with Crippen LogP contribution in [0.1, 0.15) is 12.8 Å². The van der Waals surface area contributed by atoms with Gasteiger partial charge in [0, 0.05) is 17.2 Å². The van der Waals surface area contributed by atoms with Crippen LogP contribution in [-0.4, -0.2) is 26.5 Å². The van der Waals surface area contributed by atoms with Gasteiger partial charge < -0.3 is 10.5 Å². The molecule has 0 aliphatic carbocycles. The average Bonchev–Trinajstić information content (AvgIpc) is 2.32. The first kappa shape index (κ1) is 9.25. The zero-order valence-corrected chi connectivity index (χ0v) is 7.44. The van der Waals surface area contributed by atoms with Gasteiger partial charge in [-0.15, -0.1) is 0 Å². The van der Waals surface area contributed by atoms with Gasteiger partial charge in [-0.25, -0.2) is 8.42 Å². The van der Waals surface area contributed by atoms with Gasteiger partial charge in [0.15, 0.2) is 5.44 Å². The summed E-state index contributed by atoms with van der Waals surface area (Å²) in [6, 6.07) is 0. The van der Waals surface area contributed by atoms with Crippen molar-refractivity contribution in [1.29, 1.82) is 0 Å². The van der Waals surface area contributed by atoms with Crippen LogP contribution in [0.2, 0.25) is 0 Å². The van der Waals surface area contributed by atoms with E-state index in [1.807, 2.05) is 0 Å². The summed E-state index contributed by atoms with van der Waals surface area (Å²) in [5, 5.41) is 0. The number of hydrogen-bond donors (Lipinski definition) is 1. The van der Waals surface area contributed by atoms with Gasteiger partial charge in [0.05, 0.1) is 6.10 Å².